The molecule has 0 aromatic carbocycles. The van der Waals surface area contributed by atoms with E-state index in [0.717, 1.165) is 19.3 Å². The monoisotopic (exact) mass is 293 g/mol. The fraction of sp³-hybridized carbons (Fsp3) is 0.600. The van der Waals surface area contributed by atoms with Crippen LogP contribution in [0.3, 0.4) is 0 Å². The van der Waals surface area contributed by atoms with Crippen molar-refractivity contribution in [1.82, 2.24) is 4.90 Å². The van der Waals surface area contributed by atoms with Crippen LogP contribution in [-0.4, -0.2) is 34.5 Å². The molecule has 1 aromatic heterocycles. The van der Waals surface area contributed by atoms with Gasteiger partial charge < -0.3 is 10.0 Å². The number of carbonyl (C=O) groups excluding carboxylic acids is 1. The lowest BCUT2D eigenvalue weighted by molar-refractivity contribution is -0.152. The molecule has 3 atom stereocenters. The molecule has 0 bridgehead atoms. The van der Waals surface area contributed by atoms with Crippen molar-refractivity contribution in [2.24, 2.45) is 5.92 Å². The highest BCUT2D eigenvalue weighted by molar-refractivity contribution is 7.12. The number of hydrogen-bond donors (Lipinski definition) is 1. The number of thiophene rings is 1. The minimum Gasteiger partial charge on any atom is -0.480 e. The summed E-state index contributed by atoms with van der Waals surface area (Å²) in [5.41, 5.74) is 0. The molecule has 2 fully saturated rings. The summed E-state index contributed by atoms with van der Waals surface area (Å²) in [4.78, 5) is 27.9. The van der Waals surface area contributed by atoms with Crippen LogP contribution in [0.25, 0.3) is 0 Å². The van der Waals surface area contributed by atoms with Crippen LogP contribution in [0.4, 0.5) is 0 Å². The number of carboxylic acid groups (broad SMARTS) is 1. The first-order valence-corrected chi connectivity index (χ1v) is 7.99. The first-order chi connectivity index (χ1) is 9.58. The van der Waals surface area contributed by atoms with E-state index in [1.807, 2.05) is 0 Å². The summed E-state index contributed by atoms with van der Waals surface area (Å²) >= 11 is 1.75. The summed E-state index contributed by atoms with van der Waals surface area (Å²) in [6.45, 7) is 2.67. The van der Waals surface area contributed by atoms with Crippen molar-refractivity contribution in [3.63, 3.8) is 0 Å². The van der Waals surface area contributed by atoms with Crippen molar-refractivity contribution in [3.05, 3.63) is 21.9 Å². The predicted octanol–water partition coefficient (Wildman–Crippen LogP) is 2.63. The molecular weight excluding hydrogens is 274 g/mol. The second kappa shape index (κ2) is 5.20. The first-order valence-electron chi connectivity index (χ1n) is 7.17. The summed E-state index contributed by atoms with van der Waals surface area (Å²) in [7, 11) is 0. The Morgan fingerprint density at radius 2 is 2.15 bits per heavy atom. The predicted molar refractivity (Wildman–Crippen MR) is 76.9 cm³/mol. The molecule has 1 aliphatic heterocycles. The Morgan fingerprint density at radius 1 is 1.35 bits per heavy atom. The van der Waals surface area contributed by atoms with Gasteiger partial charge in [-0.25, -0.2) is 4.79 Å². The molecular formula is C15H19NO3S. The summed E-state index contributed by atoms with van der Waals surface area (Å²) in [5.74, 6) is -0.485. The molecule has 3 rings (SSSR count). The number of likely N-dealkylation sites (tertiary alicyclic amines) is 1. The van der Waals surface area contributed by atoms with Gasteiger partial charge in [-0.1, -0.05) is 0 Å². The average molecular weight is 293 g/mol. The van der Waals surface area contributed by atoms with Gasteiger partial charge >= 0.3 is 5.97 Å². The molecule has 1 saturated heterocycles. The molecule has 108 valence electrons. The van der Waals surface area contributed by atoms with E-state index in [1.54, 1.807) is 16.2 Å². The quantitative estimate of drug-likeness (QED) is 0.932. The number of nitrogens with zero attached hydrogens (tertiary/aromatic N) is 1. The number of piperidine rings is 1. The van der Waals surface area contributed by atoms with E-state index in [1.165, 1.54) is 9.75 Å². The average Bonchev–Trinajstić information content (AvgIpc) is 3.13. The normalized spacial score (nSPS) is 29.2. The Kier molecular flexibility index (Phi) is 3.54. The van der Waals surface area contributed by atoms with Crippen LogP contribution in [-0.2, 0) is 9.59 Å². The van der Waals surface area contributed by atoms with E-state index < -0.39 is 12.0 Å². The third-order valence-electron chi connectivity index (χ3n) is 4.31. The minimum absolute atomic E-state index is 0.00741. The number of carbonyl (C=O) groups is 2. The maximum atomic E-state index is 12.5. The molecule has 1 N–H and O–H groups in total. The summed E-state index contributed by atoms with van der Waals surface area (Å²) < 4.78 is 0. The van der Waals surface area contributed by atoms with Crippen LogP contribution >= 0.6 is 11.3 Å². The third kappa shape index (κ3) is 2.46. The van der Waals surface area contributed by atoms with E-state index in [9.17, 15) is 14.7 Å². The topological polar surface area (TPSA) is 57.6 Å². The molecule has 0 unspecified atom stereocenters. The van der Waals surface area contributed by atoms with Gasteiger partial charge in [-0.2, -0.15) is 0 Å². The maximum absolute atomic E-state index is 12.5. The molecule has 20 heavy (non-hydrogen) atoms. The Balaban J connectivity index is 1.69. The molecule has 1 aromatic rings. The number of carboxylic acids is 1. The molecule has 1 aliphatic carbocycles. The number of hydrogen-bond acceptors (Lipinski definition) is 3. The Hall–Kier alpha value is -1.36. The standard InChI is InChI=1S/C15H19NO3S/c1-9-5-6-13(20-9)10-8-11(10)14(17)16-7-3-2-4-12(16)15(18)19/h5-6,10-12H,2-4,7-8H2,1H3,(H,18,19)/t10-,11-,12-/m1/s1. The van der Waals surface area contributed by atoms with Gasteiger partial charge in [-0.3, -0.25) is 4.79 Å². The highest BCUT2D eigenvalue weighted by Gasteiger charge is 2.48. The Labute approximate surface area is 122 Å². The molecule has 2 heterocycles. The molecule has 0 spiro atoms. The lowest BCUT2D eigenvalue weighted by Gasteiger charge is -2.33. The van der Waals surface area contributed by atoms with E-state index in [2.05, 4.69) is 19.1 Å². The highest BCUT2D eigenvalue weighted by Crippen LogP contribution is 2.51. The van der Waals surface area contributed by atoms with Crippen molar-refractivity contribution in [3.8, 4) is 0 Å². The second-order valence-corrected chi connectivity index (χ2v) is 7.10. The van der Waals surface area contributed by atoms with Crippen LogP contribution in [0.5, 0.6) is 0 Å². The van der Waals surface area contributed by atoms with Gasteiger partial charge in [-0.15, -0.1) is 11.3 Å². The third-order valence-corrected chi connectivity index (χ3v) is 5.44. The fourth-order valence-electron chi connectivity index (χ4n) is 3.10. The number of aliphatic carboxylic acids is 1. The lowest BCUT2D eigenvalue weighted by Crippen LogP contribution is -2.48. The zero-order valence-electron chi connectivity index (χ0n) is 11.5. The van der Waals surface area contributed by atoms with Crippen LogP contribution in [0.15, 0.2) is 12.1 Å². The van der Waals surface area contributed by atoms with Gasteiger partial charge in [0.15, 0.2) is 0 Å². The van der Waals surface area contributed by atoms with E-state index in [0.29, 0.717) is 18.9 Å². The van der Waals surface area contributed by atoms with Gasteiger partial charge in [0, 0.05) is 28.1 Å². The maximum Gasteiger partial charge on any atom is 0.326 e. The summed E-state index contributed by atoms with van der Waals surface area (Å²) in [6.07, 6.45) is 3.29. The summed E-state index contributed by atoms with van der Waals surface area (Å²) in [6, 6.07) is 3.58. The van der Waals surface area contributed by atoms with Crippen LogP contribution in [0.1, 0.15) is 41.4 Å². The van der Waals surface area contributed by atoms with E-state index in [-0.39, 0.29) is 11.8 Å². The van der Waals surface area contributed by atoms with Gasteiger partial charge in [0.1, 0.15) is 6.04 Å². The largest absolute Gasteiger partial charge is 0.480 e. The summed E-state index contributed by atoms with van der Waals surface area (Å²) in [5, 5.41) is 9.25. The van der Waals surface area contributed by atoms with Gasteiger partial charge in [-0.05, 0) is 44.7 Å². The van der Waals surface area contributed by atoms with E-state index >= 15 is 0 Å². The zero-order valence-corrected chi connectivity index (χ0v) is 12.4. The van der Waals surface area contributed by atoms with Gasteiger partial charge in [0.2, 0.25) is 5.91 Å². The first kappa shape index (κ1) is 13.6. The zero-order chi connectivity index (χ0) is 14.3. The van der Waals surface area contributed by atoms with Crippen LogP contribution < -0.4 is 0 Å². The van der Waals surface area contributed by atoms with Crippen molar-refractivity contribution < 1.29 is 14.7 Å². The minimum atomic E-state index is -0.859. The molecule has 1 amide bonds. The Bertz CT molecular complexity index is 539. The second-order valence-electron chi connectivity index (χ2n) is 5.78. The van der Waals surface area contributed by atoms with Crippen molar-refractivity contribution in [2.45, 2.75) is 44.6 Å². The lowest BCUT2D eigenvalue weighted by atomic mass is 10.0. The molecule has 5 heteroatoms. The van der Waals surface area contributed by atoms with Gasteiger partial charge in [0.05, 0.1) is 0 Å². The van der Waals surface area contributed by atoms with Crippen molar-refractivity contribution in [1.29, 1.82) is 0 Å². The van der Waals surface area contributed by atoms with Crippen molar-refractivity contribution in [2.75, 3.05) is 6.54 Å². The fourth-order valence-corrected chi connectivity index (χ4v) is 4.16. The highest BCUT2D eigenvalue weighted by atomic mass is 32.1. The van der Waals surface area contributed by atoms with Crippen LogP contribution in [0.2, 0.25) is 0 Å². The van der Waals surface area contributed by atoms with Crippen LogP contribution in [0, 0.1) is 12.8 Å². The van der Waals surface area contributed by atoms with E-state index in [4.69, 9.17) is 0 Å². The number of rotatable bonds is 3. The number of amides is 1. The van der Waals surface area contributed by atoms with Gasteiger partial charge in [0.25, 0.3) is 0 Å². The smallest absolute Gasteiger partial charge is 0.326 e. The molecule has 0 radical (unpaired) electrons. The Morgan fingerprint density at radius 3 is 2.80 bits per heavy atom. The number of aryl methyl sites for hydroxylation is 1. The van der Waals surface area contributed by atoms with Crippen molar-refractivity contribution >= 4 is 23.2 Å². The SMILES string of the molecule is Cc1ccc([C@@H]2C[C@H]2C(=O)N2CCCC[C@@H]2C(=O)O)s1. The molecule has 4 nitrogen and oxygen atoms in total. The molecule has 2 aliphatic rings. The molecule has 1 saturated carbocycles.